The standard InChI is InChI=1S/C15H21N3O2/c1-11-9-16-7-8-18(11)10-15(20)17-14-6-4-3-5-13(14)12(2)19/h3-6,11,16H,7-10H2,1-2H3,(H,17,20). The topological polar surface area (TPSA) is 61.4 Å². The van der Waals surface area contributed by atoms with Gasteiger partial charge in [0.05, 0.1) is 12.2 Å². The Hall–Kier alpha value is -1.72. The van der Waals surface area contributed by atoms with Crippen LogP contribution in [0.4, 0.5) is 5.69 Å². The summed E-state index contributed by atoms with van der Waals surface area (Å²) in [5, 5.41) is 6.13. The van der Waals surface area contributed by atoms with Gasteiger partial charge in [0.1, 0.15) is 0 Å². The molecule has 0 bridgehead atoms. The Morgan fingerprint density at radius 3 is 2.85 bits per heavy atom. The van der Waals surface area contributed by atoms with Crippen LogP contribution in [0.5, 0.6) is 0 Å². The van der Waals surface area contributed by atoms with Crippen molar-refractivity contribution in [3.05, 3.63) is 29.8 Å². The largest absolute Gasteiger partial charge is 0.324 e. The number of hydrogen-bond donors (Lipinski definition) is 2. The maximum absolute atomic E-state index is 12.1. The molecule has 1 fully saturated rings. The maximum atomic E-state index is 12.1. The molecule has 1 aliphatic heterocycles. The molecule has 0 aromatic heterocycles. The van der Waals surface area contributed by atoms with Crippen LogP contribution in [0.15, 0.2) is 24.3 Å². The summed E-state index contributed by atoms with van der Waals surface area (Å²) in [6.45, 7) is 6.63. The van der Waals surface area contributed by atoms with Gasteiger partial charge in [-0.15, -0.1) is 0 Å². The van der Waals surface area contributed by atoms with Crippen molar-refractivity contribution in [1.82, 2.24) is 10.2 Å². The summed E-state index contributed by atoms with van der Waals surface area (Å²) in [5.74, 6) is -0.121. The van der Waals surface area contributed by atoms with Gasteiger partial charge in [0.25, 0.3) is 0 Å². The van der Waals surface area contributed by atoms with Crippen LogP contribution in [-0.2, 0) is 4.79 Å². The fraction of sp³-hybridized carbons (Fsp3) is 0.467. The smallest absolute Gasteiger partial charge is 0.238 e. The molecule has 0 saturated carbocycles. The number of nitrogens with zero attached hydrogens (tertiary/aromatic N) is 1. The van der Waals surface area contributed by atoms with Gasteiger partial charge in [0.15, 0.2) is 5.78 Å². The lowest BCUT2D eigenvalue weighted by atomic mass is 10.1. The molecule has 20 heavy (non-hydrogen) atoms. The highest BCUT2D eigenvalue weighted by atomic mass is 16.2. The van der Waals surface area contributed by atoms with E-state index in [0.29, 0.717) is 23.8 Å². The van der Waals surface area contributed by atoms with E-state index in [2.05, 4.69) is 22.5 Å². The summed E-state index contributed by atoms with van der Waals surface area (Å²) < 4.78 is 0. The van der Waals surface area contributed by atoms with Crippen molar-refractivity contribution in [2.45, 2.75) is 19.9 Å². The first-order valence-electron chi connectivity index (χ1n) is 6.92. The van der Waals surface area contributed by atoms with Gasteiger partial charge in [0.2, 0.25) is 5.91 Å². The Labute approximate surface area is 119 Å². The maximum Gasteiger partial charge on any atom is 0.238 e. The number of benzene rings is 1. The van der Waals surface area contributed by atoms with Crippen LogP contribution in [0.3, 0.4) is 0 Å². The van der Waals surface area contributed by atoms with Crippen LogP contribution in [-0.4, -0.2) is 48.8 Å². The zero-order valence-corrected chi connectivity index (χ0v) is 12.0. The number of carbonyl (C=O) groups is 2. The summed E-state index contributed by atoms with van der Waals surface area (Å²) in [6.07, 6.45) is 0. The van der Waals surface area contributed by atoms with E-state index in [1.807, 2.05) is 6.07 Å². The fourth-order valence-electron chi connectivity index (χ4n) is 2.39. The van der Waals surface area contributed by atoms with Crippen LogP contribution < -0.4 is 10.6 Å². The number of carbonyl (C=O) groups excluding carboxylic acids is 2. The number of para-hydroxylation sites is 1. The predicted octanol–water partition coefficient (Wildman–Crippen LogP) is 1.12. The van der Waals surface area contributed by atoms with E-state index in [4.69, 9.17) is 0 Å². The Morgan fingerprint density at radius 2 is 2.15 bits per heavy atom. The lowest BCUT2D eigenvalue weighted by Gasteiger charge is -2.33. The van der Waals surface area contributed by atoms with Gasteiger partial charge in [0, 0.05) is 31.2 Å². The predicted molar refractivity (Wildman–Crippen MR) is 79.0 cm³/mol. The highest BCUT2D eigenvalue weighted by Crippen LogP contribution is 2.15. The molecule has 2 N–H and O–H groups in total. The van der Waals surface area contributed by atoms with Crippen molar-refractivity contribution in [2.24, 2.45) is 0 Å². The third kappa shape index (κ3) is 3.65. The Bertz CT molecular complexity index is 502. The molecule has 5 heteroatoms. The second-order valence-corrected chi connectivity index (χ2v) is 5.17. The molecule has 2 rings (SSSR count). The molecule has 1 amide bonds. The first kappa shape index (κ1) is 14.7. The molecule has 0 radical (unpaired) electrons. The molecule has 0 spiro atoms. The van der Waals surface area contributed by atoms with Crippen LogP contribution in [0.25, 0.3) is 0 Å². The van der Waals surface area contributed by atoms with E-state index < -0.39 is 0 Å². The molecule has 1 unspecified atom stereocenters. The fourth-order valence-corrected chi connectivity index (χ4v) is 2.39. The van der Waals surface area contributed by atoms with Crippen LogP contribution >= 0.6 is 0 Å². The van der Waals surface area contributed by atoms with Crippen LogP contribution in [0, 0.1) is 0 Å². The molecule has 1 aromatic carbocycles. The second-order valence-electron chi connectivity index (χ2n) is 5.17. The van der Waals surface area contributed by atoms with E-state index in [1.54, 1.807) is 18.2 Å². The Balaban J connectivity index is 1.99. The van der Waals surface area contributed by atoms with E-state index in [1.165, 1.54) is 6.92 Å². The summed E-state index contributed by atoms with van der Waals surface area (Å²) in [4.78, 5) is 25.8. The number of ketones is 1. The summed E-state index contributed by atoms with van der Waals surface area (Å²) in [5.41, 5.74) is 1.14. The minimum Gasteiger partial charge on any atom is -0.324 e. The normalized spacial score (nSPS) is 19.6. The number of hydrogen-bond acceptors (Lipinski definition) is 4. The lowest BCUT2D eigenvalue weighted by Crippen LogP contribution is -2.52. The van der Waals surface area contributed by atoms with Gasteiger partial charge in [-0.25, -0.2) is 0 Å². The van der Waals surface area contributed by atoms with Crippen molar-refractivity contribution >= 4 is 17.4 Å². The summed E-state index contributed by atoms with van der Waals surface area (Å²) in [6, 6.07) is 7.44. The molecular weight excluding hydrogens is 254 g/mol. The number of Topliss-reactive ketones (excluding diaryl/α,β-unsaturated/α-hetero) is 1. The molecule has 1 saturated heterocycles. The molecule has 1 aromatic rings. The van der Waals surface area contributed by atoms with Gasteiger partial charge < -0.3 is 10.6 Å². The van der Waals surface area contributed by atoms with E-state index in [0.717, 1.165) is 19.6 Å². The molecule has 1 aliphatic rings. The highest BCUT2D eigenvalue weighted by molar-refractivity contribution is 6.04. The quantitative estimate of drug-likeness (QED) is 0.808. The Kier molecular flexibility index (Phi) is 4.87. The number of rotatable bonds is 4. The number of nitrogens with one attached hydrogen (secondary N) is 2. The molecule has 1 heterocycles. The second kappa shape index (κ2) is 6.63. The highest BCUT2D eigenvalue weighted by Gasteiger charge is 2.20. The van der Waals surface area contributed by atoms with Gasteiger partial charge in [-0.1, -0.05) is 12.1 Å². The van der Waals surface area contributed by atoms with Crippen molar-refractivity contribution < 1.29 is 9.59 Å². The van der Waals surface area contributed by atoms with Gasteiger partial charge >= 0.3 is 0 Å². The zero-order chi connectivity index (χ0) is 14.5. The number of piperazine rings is 1. The van der Waals surface area contributed by atoms with Gasteiger partial charge in [-0.05, 0) is 26.0 Å². The van der Waals surface area contributed by atoms with Gasteiger partial charge in [-0.3, -0.25) is 14.5 Å². The molecular formula is C15H21N3O2. The van der Waals surface area contributed by atoms with Crippen molar-refractivity contribution in [2.75, 3.05) is 31.5 Å². The van der Waals surface area contributed by atoms with Crippen molar-refractivity contribution in [3.63, 3.8) is 0 Å². The summed E-state index contributed by atoms with van der Waals surface area (Å²) in [7, 11) is 0. The third-order valence-electron chi connectivity index (χ3n) is 3.57. The SMILES string of the molecule is CC(=O)c1ccccc1NC(=O)CN1CCNCC1C. The third-order valence-corrected chi connectivity index (χ3v) is 3.57. The van der Waals surface area contributed by atoms with E-state index in [9.17, 15) is 9.59 Å². The average molecular weight is 275 g/mol. The van der Waals surface area contributed by atoms with Crippen molar-refractivity contribution in [1.29, 1.82) is 0 Å². The molecule has 5 nitrogen and oxygen atoms in total. The first-order valence-corrected chi connectivity index (χ1v) is 6.92. The lowest BCUT2D eigenvalue weighted by molar-refractivity contribution is -0.118. The number of anilines is 1. The average Bonchev–Trinajstić information content (AvgIpc) is 2.41. The minimum atomic E-state index is -0.0764. The number of amides is 1. The summed E-state index contributed by atoms with van der Waals surface area (Å²) >= 11 is 0. The molecule has 0 aliphatic carbocycles. The zero-order valence-electron chi connectivity index (χ0n) is 12.0. The van der Waals surface area contributed by atoms with Crippen LogP contribution in [0.2, 0.25) is 0 Å². The molecule has 108 valence electrons. The minimum absolute atomic E-state index is 0.0450. The first-order chi connectivity index (χ1) is 9.58. The van der Waals surface area contributed by atoms with E-state index in [-0.39, 0.29) is 11.7 Å². The van der Waals surface area contributed by atoms with Crippen LogP contribution in [0.1, 0.15) is 24.2 Å². The molecule has 1 atom stereocenters. The van der Waals surface area contributed by atoms with Crippen molar-refractivity contribution in [3.8, 4) is 0 Å². The van der Waals surface area contributed by atoms with E-state index >= 15 is 0 Å². The Morgan fingerprint density at radius 1 is 1.40 bits per heavy atom. The monoisotopic (exact) mass is 275 g/mol. The van der Waals surface area contributed by atoms with Gasteiger partial charge in [-0.2, -0.15) is 0 Å².